The molecule has 5 nitrogen and oxygen atoms in total. The van der Waals surface area contributed by atoms with Crippen molar-refractivity contribution in [3.05, 3.63) is 24.3 Å². The lowest BCUT2D eigenvalue weighted by Crippen LogP contribution is -2.57. The molecular weight excluding hydrogens is 210 g/mol. The van der Waals surface area contributed by atoms with E-state index in [4.69, 9.17) is 9.84 Å². The lowest BCUT2D eigenvalue weighted by molar-refractivity contribution is -0.145. The molecule has 1 aliphatic rings. The fourth-order valence-corrected chi connectivity index (χ4v) is 1.75. The predicted octanol–water partition coefficient (Wildman–Crippen LogP) is 0.885. The summed E-state index contributed by atoms with van der Waals surface area (Å²) in [7, 11) is 1.48. The van der Waals surface area contributed by atoms with Crippen molar-refractivity contribution in [1.82, 2.24) is 0 Å². The second-order valence-electron chi connectivity index (χ2n) is 3.49. The molecule has 1 atom stereocenters. The van der Waals surface area contributed by atoms with Gasteiger partial charge in [0.15, 0.2) is 0 Å². The first-order chi connectivity index (χ1) is 7.65. The van der Waals surface area contributed by atoms with E-state index < -0.39 is 12.0 Å². The van der Waals surface area contributed by atoms with E-state index in [9.17, 15) is 9.59 Å². The molecule has 2 rings (SSSR count). The van der Waals surface area contributed by atoms with Crippen molar-refractivity contribution in [3.8, 4) is 5.75 Å². The van der Waals surface area contributed by atoms with Gasteiger partial charge in [-0.2, -0.15) is 0 Å². The third kappa shape index (κ3) is 1.50. The molecule has 1 fully saturated rings. The van der Waals surface area contributed by atoms with Gasteiger partial charge in [-0.15, -0.1) is 0 Å². The highest BCUT2D eigenvalue weighted by Crippen LogP contribution is 2.35. The molecule has 0 bridgehead atoms. The van der Waals surface area contributed by atoms with Crippen molar-refractivity contribution in [2.24, 2.45) is 0 Å². The van der Waals surface area contributed by atoms with E-state index in [0.717, 1.165) is 0 Å². The van der Waals surface area contributed by atoms with E-state index in [1.807, 2.05) is 0 Å². The molecular formula is C11H11NO4. The number of nitrogens with zero attached hydrogens (tertiary/aromatic N) is 1. The number of carboxylic acids is 1. The molecule has 1 saturated heterocycles. The number of hydrogen-bond acceptors (Lipinski definition) is 3. The Morgan fingerprint density at radius 3 is 2.75 bits per heavy atom. The number of para-hydroxylation sites is 2. The van der Waals surface area contributed by atoms with Gasteiger partial charge in [0.1, 0.15) is 11.8 Å². The van der Waals surface area contributed by atoms with E-state index in [-0.39, 0.29) is 12.3 Å². The Balaban J connectivity index is 2.36. The van der Waals surface area contributed by atoms with Gasteiger partial charge < -0.3 is 9.84 Å². The number of carbonyl (C=O) groups excluding carboxylic acids is 1. The molecule has 1 aliphatic heterocycles. The number of ether oxygens (including phenoxy) is 1. The van der Waals surface area contributed by atoms with Gasteiger partial charge in [0.2, 0.25) is 5.91 Å². The first-order valence-electron chi connectivity index (χ1n) is 4.83. The van der Waals surface area contributed by atoms with Crippen molar-refractivity contribution < 1.29 is 19.4 Å². The molecule has 16 heavy (non-hydrogen) atoms. The van der Waals surface area contributed by atoms with Gasteiger partial charge in [-0.1, -0.05) is 12.1 Å². The highest BCUT2D eigenvalue weighted by Gasteiger charge is 2.43. The maximum absolute atomic E-state index is 11.4. The van der Waals surface area contributed by atoms with Gasteiger partial charge >= 0.3 is 5.97 Å². The number of rotatable bonds is 3. The van der Waals surface area contributed by atoms with E-state index in [1.165, 1.54) is 12.0 Å². The summed E-state index contributed by atoms with van der Waals surface area (Å²) in [5, 5.41) is 8.91. The zero-order valence-corrected chi connectivity index (χ0v) is 8.71. The third-order valence-electron chi connectivity index (χ3n) is 2.58. The number of carboxylic acid groups (broad SMARTS) is 1. The number of methoxy groups -OCH3 is 1. The molecule has 0 saturated carbocycles. The maximum Gasteiger partial charge on any atom is 0.327 e. The summed E-state index contributed by atoms with van der Waals surface area (Å²) < 4.78 is 5.09. The zero-order chi connectivity index (χ0) is 11.7. The predicted molar refractivity (Wildman–Crippen MR) is 56.5 cm³/mol. The van der Waals surface area contributed by atoms with Crippen molar-refractivity contribution >= 4 is 17.6 Å². The van der Waals surface area contributed by atoms with Crippen molar-refractivity contribution in [2.75, 3.05) is 12.0 Å². The average molecular weight is 221 g/mol. The minimum atomic E-state index is -0.995. The largest absolute Gasteiger partial charge is 0.495 e. The van der Waals surface area contributed by atoms with Crippen LogP contribution in [0.5, 0.6) is 5.75 Å². The number of hydrogen-bond donors (Lipinski definition) is 1. The number of amides is 1. The summed E-state index contributed by atoms with van der Waals surface area (Å²) in [5.74, 6) is -0.691. The van der Waals surface area contributed by atoms with Crippen LogP contribution in [-0.2, 0) is 9.59 Å². The topological polar surface area (TPSA) is 66.8 Å². The zero-order valence-electron chi connectivity index (χ0n) is 8.71. The van der Waals surface area contributed by atoms with Crippen LogP contribution in [0.25, 0.3) is 0 Å². The standard InChI is InChI=1S/C11H11NO4/c1-16-9-5-3-2-4-7(9)12-8(11(14)15)6-10(12)13/h2-5,8H,6H2,1H3,(H,14,15). The first-order valence-corrected chi connectivity index (χ1v) is 4.83. The van der Waals surface area contributed by atoms with Crippen LogP contribution in [0.4, 0.5) is 5.69 Å². The molecule has 1 unspecified atom stereocenters. The van der Waals surface area contributed by atoms with Gasteiger partial charge in [-0.25, -0.2) is 4.79 Å². The minimum Gasteiger partial charge on any atom is -0.495 e. The minimum absolute atomic E-state index is 0.0490. The average Bonchev–Trinajstić information content (AvgIpc) is 2.26. The Bertz CT molecular complexity index is 443. The van der Waals surface area contributed by atoms with Crippen LogP contribution in [0.3, 0.4) is 0 Å². The summed E-state index contributed by atoms with van der Waals surface area (Å²) in [6.45, 7) is 0. The second-order valence-corrected chi connectivity index (χ2v) is 3.49. The molecule has 84 valence electrons. The third-order valence-corrected chi connectivity index (χ3v) is 2.58. The smallest absolute Gasteiger partial charge is 0.327 e. The lowest BCUT2D eigenvalue weighted by Gasteiger charge is -2.37. The normalized spacial score (nSPS) is 19.2. The summed E-state index contributed by atoms with van der Waals surface area (Å²) in [4.78, 5) is 23.5. The number of aliphatic carboxylic acids is 1. The van der Waals surface area contributed by atoms with E-state index in [2.05, 4.69) is 0 Å². The highest BCUT2D eigenvalue weighted by atomic mass is 16.5. The SMILES string of the molecule is COc1ccccc1N1C(=O)CC1C(=O)O. The molecule has 0 radical (unpaired) electrons. The van der Waals surface area contributed by atoms with E-state index in [0.29, 0.717) is 11.4 Å². The van der Waals surface area contributed by atoms with Crippen LogP contribution in [0, 0.1) is 0 Å². The number of carbonyl (C=O) groups is 2. The molecule has 1 amide bonds. The van der Waals surface area contributed by atoms with Crippen molar-refractivity contribution in [3.63, 3.8) is 0 Å². The summed E-state index contributed by atoms with van der Waals surface area (Å²) >= 11 is 0. The van der Waals surface area contributed by atoms with Crippen molar-refractivity contribution in [2.45, 2.75) is 12.5 Å². The summed E-state index contributed by atoms with van der Waals surface area (Å²) in [6, 6.07) is 6.10. The van der Waals surface area contributed by atoms with Gasteiger partial charge in [-0.05, 0) is 12.1 Å². The van der Waals surface area contributed by atoms with Crippen LogP contribution in [0.2, 0.25) is 0 Å². The van der Waals surface area contributed by atoms with Gasteiger partial charge in [0, 0.05) is 0 Å². The van der Waals surface area contributed by atoms with Crippen LogP contribution in [0.1, 0.15) is 6.42 Å². The monoisotopic (exact) mass is 221 g/mol. The molecule has 1 N–H and O–H groups in total. The Morgan fingerprint density at radius 1 is 1.50 bits per heavy atom. The summed E-state index contributed by atoms with van der Waals surface area (Å²) in [5.41, 5.74) is 0.508. The fourth-order valence-electron chi connectivity index (χ4n) is 1.75. The highest BCUT2D eigenvalue weighted by molar-refractivity contribution is 6.09. The number of benzene rings is 1. The van der Waals surface area contributed by atoms with Crippen LogP contribution in [0.15, 0.2) is 24.3 Å². The second kappa shape index (κ2) is 3.84. The number of anilines is 1. The Hall–Kier alpha value is -2.04. The molecule has 0 aliphatic carbocycles. The van der Waals surface area contributed by atoms with Gasteiger partial charge in [0.05, 0.1) is 19.2 Å². The first kappa shape index (κ1) is 10.5. The van der Waals surface area contributed by atoms with Crippen LogP contribution >= 0.6 is 0 Å². The van der Waals surface area contributed by atoms with Crippen molar-refractivity contribution in [1.29, 1.82) is 0 Å². The number of β-lactam (4-membered cyclic amide) rings is 1. The lowest BCUT2D eigenvalue weighted by atomic mass is 10.0. The Morgan fingerprint density at radius 2 is 2.19 bits per heavy atom. The maximum atomic E-state index is 11.4. The molecule has 0 spiro atoms. The fraction of sp³-hybridized carbons (Fsp3) is 0.273. The van der Waals surface area contributed by atoms with E-state index in [1.54, 1.807) is 24.3 Å². The van der Waals surface area contributed by atoms with Crippen LogP contribution < -0.4 is 9.64 Å². The Labute approximate surface area is 92.2 Å². The quantitative estimate of drug-likeness (QED) is 0.769. The molecule has 1 aromatic rings. The summed E-state index contributed by atoms with van der Waals surface area (Å²) in [6.07, 6.45) is 0.0490. The van der Waals surface area contributed by atoms with Gasteiger partial charge in [0.25, 0.3) is 0 Å². The van der Waals surface area contributed by atoms with Crippen LogP contribution in [-0.4, -0.2) is 30.1 Å². The van der Waals surface area contributed by atoms with Gasteiger partial charge in [-0.3, -0.25) is 9.69 Å². The molecule has 1 aromatic carbocycles. The van der Waals surface area contributed by atoms with E-state index >= 15 is 0 Å². The molecule has 1 heterocycles. The molecule has 0 aromatic heterocycles. The molecule has 5 heteroatoms. The Kier molecular flexibility index (Phi) is 2.52.